The second-order valence-electron chi connectivity index (χ2n) is 6.25. The number of ether oxygens (including phenoxy) is 1. The van der Waals surface area contributed by atoms with Gasteiger partial charge in [-0.15, -0.1) is 0 Å². The van der Waals surface area contributed by atoms with E-state index < -0.39 is 30.1 Å². The SMILES string of the molecule is COC(=O)c1cc(F)cc(B2OC(C)(C)C(C)(C)O2)c1C. The van der Waals surface area contributed by atoms with Gasteiger partial charge in [-0.1, -0.05) is 0 Å². The number of methoxy groups -OCH3 is 1. The second kappa shape index (κ2) is 5.11. The van der Waals surface area contributed by atoms with E-state index in [4.69, 9.17) is 9.31 Å². The number of hydrogen-bond acceptors (Lipinski definition) is 4. The van der Waals surface area contributed by atoms with Gasteiger partial charge >= 0.3 is 13.1 Å². The lowest BCUT2D eigenvalue weighted by Gasteiger charge is -2.32. The summed E-state index contributed by atoms with van der Waals surface area (Å²) in [6.07, 6.45) is 0. The number of carbonyl (C=O) groups excluding carboxylic acids is 1. The maximum Gasteiger partial charge on any atom is 0.495 e. The van der Waals surface area contributed by atoms with Gasteiger partial charge in [0, 0.05) is 0 Å². The minimum absolute atomic E-state index is 0.183. The average Bonchev–Trinajstić information content (AvgIpc) is 2.59. The summed E-state index contributed by atoms with van der Waals surface area (Å²) in [4.78, 5) is 11.7. The van der Waals surface area contributed by atoms with Gasteiger partial charge in [0.1, 0.15) is 5.82 Å². The van der Waals surface area contributed by atoms with Crippen molar-refractivity contribution in [2.24, 2.45) is 0 Å². The topological polar surface area (TPSA) is 44.8 Å². The Bertz CT molecular complexity index is 567. The molecule has 1 heterocycles. The molecule has 1 aromatic carbocycles. The molecule has 1 fully saturated rings. The number of esters is 1. The van der Waals surface area contributed by atoms with Crippen molar-refractivity contribution in [2.45, 2.75) is 45.8 Å². The molecule has 0 spiro atoms. The third-order valence-corrected chi connectivity index (χ3v) is 4.33. The lowest BCUT2D eigenvalue weighted by Crippen LogP contribution is -2.41. The molecular formula is C15H20BFO4. The Labute approximate surface area is 124 Å². The average molecular weight is 294 g/mol. The van der Waals surface area contributed by atoms with Gasteiger partial charge in [0.2, 0.25) is 0 Å². The molecule has 0 atom stereocenters. The van der Waals surface area contributed by atoms with Crippen LogP contribution in [0.15, 0.2) is 12.1 Å². The highest BCUT2D eigenvalue weighted by Crippen LogP contribution is 2.36. The van der Waals surface area contributed by atoms with E-state index in [1.165, 1.54) is 13.2 Å². The molecule has 1 aromatic rings. The van der Waals surface area contributed by atoms with Crippen LogP contribution in [0.2, 0.25) is 0 Å². The summed E-state index contributed by atoms with van der Waals surface area (Å²) in [5.74, 6) is -1.10. The van der Waals surface area contributed by atoms with Crippen LogP contribution in [0.4, 0.5) is 4.39 Å². The normalized spacial score (nSPS) is 19.7. The van der Waals surface area contributed by atoms with E-state index in [0.29, 0.717) is 11.0 Å². The van der Waals surface area contributed by atoms with Crippen LogP contribution in [0, 0.1) is 12.7 Å². The highest BCUT2D eigenvalue weighted by molar-refractivity contribution is 6.62. The summed E-state index contributed by atoms with van der Waals surface area (Å²) in [5.41, 5.74) is 0.238. The first-order chi connectivity index (χ1) is 9.59. The number of rotatable bonds is 2. The Morgan fingerprint density at radius 2 is 1.71 bits per heavy atom. The van der Waals surface area contributed by atoms with E-state index in [1.54, 1.807) is 6.92 Å². The van der Waals surface area contributed by atoms with Crippen molar-refractivity contribution in [1.82, 2.24) is 0 Å². The van der Waals surface area contributed by atoms with Crippen LogP contribution < -0.4 is 5.46 Å². The lowest BCUT2D eigenvalue weighted by molar-refractivity contribution is 0.00578. The molecule has 0 bridgehead atoms. The van der Waals surface area contributed by atoms with Gasteiger partial charge in [0.05, 0.1) is 23.9 Å². The van der Waals surface area contributed by atoms with Crippen LogP contribution in [0.3, 0.4) is 0 Å². The summed E-state index contributed by atoms with van der Waals surface area (Å²) in [7, 11) is 0.551. The van der Waals surface area contributed by atoms with Gasteiger partial charge in [-0.2, -0.15) is 0 Å². The Balaban J connectivity index is 2.47. The predicted octanol–water partition coefficient (Wildman–Crippen LogP) is 2.22. The van der Waals surface area contributed by atoms with Crippen molar-refractivity contribution >= 4 is 18.6 Å². The van der Waals surface area contributed by atoms with E-state index in [-0.39, 0.29) is 5.56 Å². The van der Waals surface area contributed by atoms with E-state index in [2.05, 4.69) is 4.74 Å². The Morgan fingerprint density at radius 3 is 2.19 bits per heavy atom. The fraction of sp³-hybridized carbons (Fsp3) is 0.533. The molecule has 0 saturated carbocycles. The molecule has 0 aliphatic carbocycles. The maximum atomic E-state index is 13.8. The lowest BCUT2D eigenvalue weighted by atomic mass is 9.75. The monoisotopic (exact) mass is 294 g/mol. The third kappa shape index (κ3) is 2.70. The van der Waals surface area contributed by atoms with Crippen LogP contribution in [0.1, 0.15) is 43.6 Å². The first kappa shape index (κ1) is 16.0. The summed E-state index contributed by atoms with van der Waals surface area (Å²) in [6.45, 7) is 9.41. The van der Waals surface area contributed by atoms with Gasteiger partial charge < -0.3 is 14.0 Å². The van der Waals surface area contributed by atoms with Crippen LogP contribution in [0.25, 0.3) is 0 Å². The minimum Gasteiger partial charge on any atom is -0.465 e. The number of hydrogen-bond donors (Lipinski definition) is 0. The van der Waals surface area contributed by atoms with Gasteiger partial charge in [0.25, 0.3) is 0 Å². The number of halogens is 1. The molecule has 1 aliphatic rings. The molecule has 0 N–H and O–H groups in total. The largest absolute Gasteiger partial charge is 0.495 e. The zero-order valence-corrected chi connectivity index (χ0v) is 13.2. The third-order valence-electron chi connectivity index (χ3n) is 4.33. The van der Waals surface area contributed by atoms with E-state index in [1.807, 2.05) is 27.7 Å². The van der Waals surface area contributed by atoms with Gasteiger partial charge in [-0.3, -0.25) is 0 Å². The fourth-order valence-electron chi connectivity index (χ4n) is 2.24. The molecule has 1 aliphatic heterocycles. The smallest absolute Gasteiger partial charge is 0.465 e. The van der Waals surface area contributed by atoms with E-state index >= 15 is 0 Å². The Kier molecular flexibility index (Phi) is 3.89. The highest BCUT2D eigenvalue weighted by atomic mass is 19.1. The van der Waals surface area contributed by atoms with Crippen molar-refractivity contribution in [3.63, 3.8) is 0 Å². The predicted molar refractivity (Wildman–Crippen MR) is 78.2 cm³/mol. The first-order valence-electron chi connectivity index (χ1n) is 6.83. The zero-order valence-electron chi connectivity index (χ0n) is 13.2. The Morgan fingerprint density at radius 1 is 1.19 bits per heavy atom. The highest BCUT2D eigenvalue weighted by Gasteiger charge is 2.52. The molecule has 1 saturated heterocycles. The summed E-state index contributed by atoms with van der Waals surface area (Å²) >= 11 is 0. The Hall–Kier alpha value is -1.40. The molecule has 2 rings (SSSR count). The quantitative estimate of drug-likeness (QED) is 0.620. The fourth-order valence-corrected chi connectivity index (χ4v) is 2.24. The molecule has 6 heteroatoms. The number of benzene rings is 1. The first-order valence-corrected chi connectivity index (χ1v) is 6.83. The summed E-state index contributed by atoms with van der Waals surface area (Å²) in [5, 5.41) is 0. The zero-order chi connectivity index (χ0) is 16.0. The van der Waals surface area contributed by atoms with Crippen molar-refractivity contribution in [2.75, 3.05) is 7.11 Å². The standard InChI is InChI=1S/C15H20BFO4/c1-9-11(13(18)19-6)7-10(17)8-12(9)16-20-14(2,3)15(4,5)21-16/h7-8H,1-6H3. The summed E-state index contributed by atoms with van der Waals surface area (Å²) < 4.78 is 30.3. The van der Waals surface area contributed by atoms with E-state index in [0.717, 1.165) is 6.07 Å². The summed E-state index contributed by atoms with van der Waals surface area (Å²) in [6, 6.07) is 2.50. The van der Waals surface area contributed by atoms with Gasteiger partial charge in [-0.05, 0) is 57.8 Å². The molecule has 114 valence electrons. The maximum absolute atomic E-state index is 13.8. The van der Waals surface area contributed by atoms with Crippen molar-refractivity contribution < 1.29 is 23.2 Å². The number of carbonyl (C=O) groups is 1. The molecular weight excluding hydrogens is 274 g/mol. The molecule has 4 nitrogen and oxygen atoms in total. The minimum atomic E-state index is -0.714. The second-order valence-corrected chi connectivity index (χ2v) is 6.25. The van der Waals surface area contributed by atoms with Crippen molar-refractivity contribution in [3.05, 3.63) is 29.1 Å². The van der Waals surface area contributed by atoms with Crippen LogP contribution in [-0.4, -0.2) is 31.4 Å². The van der Waals surface area contributed by atoms with Gasteiger partial charge in [0.15, 0.2) is 0 Å². The molecule has 21 heavy (non-hydrogen) atoms. The molecule has 0 unspecified atom stereocenters. The molecule has 0 aromatic heterocycles. The van der Waals surface area contributed by atoms with Crippen molar-refractivity contribution in [3.8, 4) is 0 Å². The van der Waals surface area contributed by atoms with Gasteiger partial charge in [-0.25, -0.2) is 9.18 Å². The molecule has 0 radical (unpaired) electrons. The van der Waals surface area contributed by atoms with E-state index in [9.17, 15) is 9.18 Å². The molecule has 0 amide bonds. The van der Waals surface area contributed by atoms with Crippen LogP contribution >= 0.6 is 0 Å². The van der Waals surface area contributed by atoms with Crippen LogP contribution in [0.5, 0.6) is 0 Å². The van der Waals surface area contributed by atoms with Crippen molar-refractivity contribution in [1.29, 1.82) is 0 Å². The van der Waals surface area contributed by atoms with Crippen LogP contribution in [-0.2, 0) is 14.0 Å².